The second-order valence-corrected chi connectivity index (χ2v) is 2.92. The van der Waals surface area contributed by atoms with E-state index in [-0.39, 0.29) is 0 Å². The minimum atomic E-state index is -1.27. The van der Waals surface area contributed by atoms with Gasteiger partial charge in [-0.1, -0.05) is 0 Å². The zero-order valence-electron chi connectivity index (χ0n) is 13.0. The van der Waals surface area contributed by atoms with E-state index >= 15 is 0 Å². The monoisotopic (exact) mass is 240 g/mol. The Hall–Kier alpha value is -0.530. The molecular weight excluding hydrogens is 216 g/mol. The molecule has 0 unspecified atom stereocenters. The van der Waals surface area contributed by atoms with Crippen molar-refractivity contribution in [2.75, 3.05) is 41.6 Å². The fraction of sp³-hybridized carbons (Fsp3) is 0.900. The molecule has 96 valence electrons. The van der Waals surface area contributed by atoms with Gasteiger partial charge >= 0.3 is 0 Å². The minimum absolute atomic E-state index is 0.407. The van der Waals surface area contributed by atoms with Crippen LogP contribution in [-0.2, 0) is 23.7 Å². The average molecular weight is 240 g/mol. The van der Waals surface area contributed by atoms with E-state index in [1.165, 1.54) is 0 Å². The molecule has 3 atom stereocenters. The van der Waals surface area contributed by atoms with Gasteiger partial charge in [0.05, 0.1) is 12.1 Å². The van der Waals surface area contributed by atoms with Crippen LogP contribution in [0.3, 0.4) is 0 Å². The first-order valence-corrected chi connectivity index (χ1v) is 4.39. The smallest absolute Gasteiger partial charge is 0.189 e. The largest absolute Gasteiger partial charge is 0.394 e. The lowest BCUT2D eigenvalue weighted by molar-refractivity contribution is -0.154. The van der Waals surface area contributed by atoms with Crippen LogP contribution in [0.5, 0.6) is 0 Å². The molecule has 0 aromatic rings. The van der Waals surface area contributed by atoms with Crippen molar-refractivity contribution in [3.8, 4) is 0 Å². The summed E-state index contributed by atoms with van der Waals surface area (Å²) in [5, 5.41) is 9.20. The second kappa shape index (κ2) is 8.60. The fourth-order valence-electron chi connectivity index (χ4n) is 1.19. The maximum Gasteiger partial charge on any atom is 0.189 e. The maximum absolute atomic E-state index is 11.9. The second-order valence-electron chi connectivity index (χ2n) is 2.92. The third-order valence-corrected chi connectivity index (χ3v) is 1.99. The molecule has 0 saturated carbocycles. The Bertz CT molecular complexity index is 258. The molecule has 0 heterocycles. The number of aliphatic hydroxyl groups excluding tert-OH is 1. The van der Waals surface area contributed by atoms with Gasteiger partial charge in [0.1, 0.15) is 24.9 Å². The Kier molecular flexibility index (Phi) is 5.10. The fourth-order valence-corrected chi connectivity index (χ4v) is 1.19. The van der Waals surface area contributed by atoms with E-state index in [9.17, 15) is 9.90 Å². The van der Waals surface area contributed by atoms with Gasteiger partial charge < -0.3 is 24.1 Å². The predicted molar refractivity (Wildman–Crippen MR) is 56.4 cm³/mol. The first kappa shape index (κ1) is 9.49. The van der Waals surface area contributed by atoms with Crippen LogP contribution in [0.4, 0.5) is 0 Å². The molecule has 0 spiro atoms. The topological polar surface area (TPSA) is 74.2 Å². The molecule has 0 rings (SSSR count). The van der Waals surface area contributed by atoms with Crippen molar-refractivity contribution in [2.24, 2.45) is 0 Å². The summed E-state index contributed by atoms with van der Waals surface area (Å²) in [6.45, 7) is -0.945. The van der Waals surface area contributed by atoms with Crippen LogP contribution in [0.15, 0.2) is 0 Å². The van der Waals surface area contributed by atoms with Crippen molar-refractivity contribution in [2.45, 2.75) is 18.3 Å². The van der Waals surface area contributed by atoms with Gasteiger partial charge in [0, 0.05) is 28.3 Å². The third-order valence-electron chi connectivity index (χ3n) is 1.99. The highest BCUT2D eigenvalue weighted by molar-refractivity contribution is 5.85. The molecule has 0 radical (unpaired) electrons. The van der Waals surface area contributed by atoms with E-state index in [2.05, 4.69) is 4.74 Å². The van der Waals surface area contributed by atoms with Gasteiger partial charge in [0.2, 0.25) is 0 Å². The molecule has 0 aliphatic rings. The molecular formula is C10H20O6. The lowest BCUT2D eigenvalue weighted by Crippen LogP contribution is -2.48. The van der Waals surface area contributed by atoms with Crippen LogP contribution in [0.25, 0.3) is 0 Å². The maximum atomic E-state index is 11.9. The van der Waals surface area contributed by atoms with Gasteiger partial charge in [0.15, 0.2) is 5.78 Å². The van der Waals surface area contributed by atoms with Crippen molar-refractivity contribution in [3.63, 3.8) is 0 Å². The zero-order valence-corrected chi connectivity index (χ0v) is 8.96. The van der Waals surface area contributed by atoms with Crippen molar-refractivity contribution in [3.05, 3.63) is 0 Å². The number of hydrogen-bond acceptors (Lipinski definition) is 6. The van der Waals surface area contributed by atoms with Gasteiger partial charge in [-0.25, -0.2) is 0 Å². The summed E-state index contributed by atoms with van der Waals surface area (Å²) in [7, 11) is -1.91. The number of carbonyl (C=O) groups excluding carboxylic acids is 1. The van der Waals surface area contributed by atoms with Crippen molar-refractivity contribution >= 4 is 5.78 Å². The Morgan fingerprint density at radius 2 is 2.00 bits per heavy atom. The Morgan fingerprint density at radius 3 is 2.56 bits per heavy atom. The molecule has 0 aromatic heterocycles. The van der Waals surface area contributed by atoms with Gasteiger partial charge in [0.25, 0.3) is 0 Å². The molecule has 16 heavy (non-hydrogen) atoms. The molecule has 1 N–H and O–H groups in total. The molecule has 0 bridgehead atoms. The lowest BCUT2D eigenvalue weighted by Gasteiger charge is -2.28. The molecule has 0 aromatic carbocycles. The molecule has 0 fully saturated rings. The molecule has 0 aliphatic heterocycles. The highest BCUT2D eigenvalue weighted by Crippen LogP contribution is 2.11. The number of rotatable bonds is 9. The summed E-state index contributed by atoms with van der Waals surface area (Å²) in [4.78, 5) is 11.9. The van der Waals surface area contributed by atoms with Gasteiger partial charge in [-0.15, -0.1) is 0 Å². The quantitative estimate of drug-likeness (QED) is 0.571. The molecule has 6 nitrogen and oxygen atoms in total. The average Bonchev–Trinajstić information content (AvgIpc) is 2.46. The third kappa shape index (κ3) is 4.15. The Balaban J connectivity index is 4.94. The number of methoxy groups -OCH3 is 4. The summed E-state index contributed by atoms with van der Waals surface area (Å²) in [5.74, 6) is -0.588. The van der Waals surface area contributed by atoms with Crippen LogP contribution < -0.4 is 0 Å². The number of Topliss-reactive ketones (excluding diaryl/α,β-unsaturated/α-hetero) is 1. The molecule has 6 heteroatoms. The first-order valence-electron chi connectivity index (χ1n) is 7.22. The number of carbonyl (C=O) groups is 1. The van der Waals surface area contributed by atoms with E-state index in [1.807, 2.05) is 0 Å². The summed E-state index contributed by atoms with van der Waals surface area (Å²) in [5.41, 5.74) is 0. The van der Waals surface area contributed by atoms with Crippen molar-refractivity contribution in [1.82, 2.24) is 0 Å². The summed E-state index contributed by atoms with van der Waals surface area (Å²) in [6, 6.07) is 0. The lowest BCUT2D eigenvalue weighted by atomic mass is 10.0. The van der Waals surface area contributed by atoms with Crippen LogP contribution in [0.2, 0.25) is 0 Å². The number of ether oxygens (including phenoxy) is 4. The minimum Gasteiger partial charge on any atom is -0.394 e. The highest BCUT2D eigenvalue weighted by Gasteiger charge is 2.34. The number of aliphatic hydroxyl groups is 1. The van der Waals surface area contributed by atoms with Crippen LogP contribution in [0, 0.1) is 0 Å². The van der Waals surface area contributed by atoms with E-state index < -0.39 is 65.7 Å². The Labute approximate surface area is 101 Å². The number of ketones is 1. The molecule has 0 aliphatic carbocycles. The van der Waals surface area contributed by atoms with Gasteiger partial charge in [-0.05, 0) is 0 Å². The van der Waals surface area contributed by atoms with Crippen molar-refractivity contribution < 1.29 is 34.3 Å². The van der Waals surface area contributed by atoms with E-state index in [0.29, 0.717) is 0 Å². The first-order chi connectivity index (χ1) is 9.65. The van der Waals surface area contributed by atoms with Crippen LogP contribution in [0.1, 0.15) is 5.48 Å². The number of hydrogen-bond donors (Lipinski definition) is 1. The SMILES string of the molecule is [2H]COCC(=O)[C@@H](OC[2H])[C@H](OC[2H])[C@@H](CO)OC[2H]. The van der Waals surface area contributed by atoms with E-state index in [1.54, 1.807) is 0 Å². The molecule has 0 amide bonds. The highest BCUT2D eigenvalue weighted by atomic mass is 16.6. The van der Waals surface area contributed by atoms with Crippen LogP contribution >= 0.6 is 0 Å². The zero-order chi connectivity index (χ0) is 15.4. The van der Waals surface area contributed by atoms with E-state index in [4.69, 9.17) is 19.7 Å². The van der Waals surface area contributed by atoms with E-state index in [0.717, 1.165) is 0 Å². The molecule has 0 saturated heterocycles. The summed E-state index contributed by atoms with van der Waals surface area (Å²) < 4.78 is 47.4. The van der Waals surface area contributed by atoms with Gasteiger partial charge in [-0.3, -0.25) is 4.79 Å². The predicted octanol–water partition coefficient (Wildman–Crippen LogP) is -0.761. The van der Waals surface area contributed by atoms with Crippen molar-refractivity contribution in [1.29, 1.82) is 0 Å². The standard InChI is InChI=1S/C10H20O6/c1-13-6-7(12)9(15-3)10(16-4)8(5-11)14-2/h8-11H,5-6H2,1-4H3/t8-,9-,10-/m1/s1/i1D,2D,3D,4D. The van der Waals surface area contributed by atoms with Gasteiger partial charge in [-0.2, -0.15) is 0 Å². The van der Waals surface area contributed by atoms with Crippen LogP contribution in [-0.4, -0.2) is 70.8 Å². The summed E-state index contributed by atoms with van der Waals surface area (Å²) in [6.07, 6.45) is -3.43. The Morgan fingerprint density at radius 1 is 1.25 bits per heavy atom. The normalized spacial score (nSPS) is 20.1. The summed E-state index contributed by atoms with van der Waals surface area (Å²) >= 11 is 0.